The highest BCUT2D eigenvalue weighted by atomic mass is 16.5. The van der Waals surface area contributed by atoms with Crippen molar-refractivity contribution in [2.75, 3.05) is 26.2 Å². The van der Waals surface area contributed by atoms with E-state index in [4.69, 9.17) is 4.74 Å². The molecule has 0 aliphatic carbocycles. The van der Waals surface area contributed by atoms with Gasteiger partial charge in [0.05, 0.1) is 11.6 Å². The van der Waals surface area contributed by atoms with E-state index in [-0.39, 0.29) is 17.6 Å². The van der Waals surface area contributed by atoms with Gasteiger partial charge in [0.15, 0.2) is 0 Å². The van der Waals surface area contributed by atoms with Crippen LogP contribution in [0.4, 0.5) is 0 Å². The molecule has 0 bridgehead atoms. The van der Waals surface area contributed by atoms with E-state index in [2.05, 4.69) is 22.9 Å². The van der Waals surface area contributed by atoms with Crippen molar-refractivity contribution in [1.82, 2.24) is 16.0 Å². The number of ether oxygens (including phenoxy) is 1. The van der Waals surface area contributed by atoms with Crippen LogP contribution in [0, 0.1) is 0 Å². The van der Waals surface area contributed by atoms with Crippen molar-refractivity contribution >= 4 is 5.91 Å². The Balaban J connectivity index is 2.29. The van der Waals surface area contributed by atoms with Crippen molar-refractivity contribution < 1.29 is 9.53 Å². The Hall–Kier alpha value is -0.650. The van der Waals surface area contributed by atoms with Gasteiger partial charge in [0, 0.05) is 32.3 Å². The molecule has 100 valence electrons. The Labute approximate surface area is 104 Å². The third-order valence-electron chi connectivity index (χ3n) is 2.88. The molecule has 0 saturated carbocycles. The molecule has 3 N–H and O–H groups in total. The Morgan fingerprint density at radius 2 is 2.12 bits per heavy atom. The molecule has 1 amide bonds. The molecule has 1 aliphatic heterocycles. The van der Waals surface area contributed by atoms with Gasteiger partial charge in [-0.15, -0.1) is 0 Å². The van der Waals surface area contributed by atoms with Crippen molar-refractivity contribution in [3.05, 3.63) is 0 Å². The summed E-state index contributed by atoms with van der Waals surface area (Å²) in [6.45, 7) is 10.7. The van der Waals surface area contributed by atoms with Crippen LogP contribution in [0.15, 0.2) is 0 Å². The molecule has 1 aliphatic rings. The van der Waals surface area contributed by atoms with E-state index >= 15 is 0 Å². The average Bonchev–Trinajstić information content (AvgIpc) is 2.27. The predicted octanol–water partition coefficient (Wildman–Crippen LogP) is -0.132. The topological polar surface area (TPSA) is 62.4 Å². The zero-order chi connectivity index (χ0) is 12.9. The smallest absolute Gasteiger partial charge is 0.238 e. The van der Waals surface area contributed by atoms with Crippen LogP contribution in [0.2, 0.25) is 0 Å². The lowest BCUT2D eigenvalue weighted by Gasteiger charge is -2.30. The molecule has 0 aromatic carbocycles. The van der Waals surface area contributed by atoms with E-state index < -0.39 is 0 Å². The minimum Gasteiger partial charge on any atom is -0.374 e. The molecule has 1 heterocycles. The van der Waals surface area contributed by atoms with E-state index in [0.29, 0.717) is 25.7 Å². The second-order valence-electron chi connectivity index (χ2n) is 5.18. The van der Waals surface area contributed by atoms with Gasteiger partial charge in [-0.25, -0.2) is 0 Å². The first-order valence-electron chi connectivity index (χ1n) is 6.33. The fourth-order valence-electron chi connectivity index (χ4n) is 1.83. The van der Waals surface area contributed by atoms with Crippen LogP contribution >= 0.6 is 0 Å². The number of hydrogen-bond acceptors (Lipinski definition) is 4. The molecule has 1 fully saturated rings. The summed E-state index contributed by atoms with van der Waals surface area (Å²) in [4.78, 5) is 11.9. The average molecular weight is 243 g/mol. The van der Waals surface area contributed by atoms with Gasteiger partial charge in [-0.2, -0.15) is 0 Å². The summed E-state index contributed by atoms with van der Waals surface area (Å²) in [7, 11) is 0. The summed E-state index contributed by atoms with van der Waals surface area (Å²) in [5, 5.41) is 9.43. The van der Waals surface area contributed by atoms with E-state index in [1.54, 1.807) is 0 Å². The first-order chi connectivity index (χ1) is 7.94. The second kappa shape index (κ2) is 6.33. The van der Waals surface area contributed by atoms with E-state index in [1.807, 2.05) is 20.8 Å². The molecule has 0 spiro atoms. The highest BCUT2D eigenvalue weighted by Crippen LogP contribution is 2.06. The maximum atomic E-state index is 11.9. The second-order valence-corrected chi connectivity index (χ2v) is 5.18. The molecule has 5 heteroatoms. The SMILES string of the molecule is CCOC(C)(C)CNC(=O)C1CNC(C)CN1. The zero-order valence-electron chi connectivity index (χ0n) is 11.3. The van der Waals surface area contributed by atoms with Crippen LogP contribution in [0.3, 0.4) is 0 Å². The number of carbonyl (C=O) groups excluding carboxylic acids is 1. The Bertz CT molecular complexity index is 248. The van der Waals surface area contributed by atoms with Crippen LogP contribution in [0.5, 0.6) is 0 Å². The fourth-order valence-corrected chi connectivity index (χ4v) is 1.83. The van der Waals surface area contributed by atoms with Crippen LogP contribution in [-0.4, -0.2) is 49.8 Å². The minimum absolute atomic E-state index is 0.0391. The molecular weight excluding hydrogens is 218 g/mol. The molecule has 0 aromatic rings. The van der Waals surface area contributed by atoms with Gasteiger partial charge in [-0.3, -0.25) is 4.79 Å². The van der Waals surface area contributed by atoms with Crippen molar-refractivity contribution in [2.24, 2.45) is 0 Å². The molecule has 0 radical (unpaired) electrons. The molecular formula is C12H25N3O2. The molecule has 1 saturated heterocycles. The summed E-state index contributed by atoms with van der Waals surface area (Å²) >= 11 is 0. The lowest BCUT2D eigenvalue weighted by atomic mass is 10.1. The maximum Gasteiger partial charge on any atom is 0.238 e. The molecule has 5 nitrogen and oxygen atoms in total. The number of rotatable bonds is 5. The third kappa shape index (κ3) is 5.02. The Kier molecular flexibility index (Phi) is 5.36. The van der Waals surface area contributed by atoms with Crippen LogP contribution < -0.4 is 16.0 Å². The third-order valence-corrected chi connectivity index (χ3v) is 2.88. The maximum absolute atomic E-state index is 11.9. The van der Waals surface area contributed by atoms with Crippen LogP contribution in [-0.2, 0) is 9.53 Å². The summed E-state index contributed by atoms with van der Waals surface area (Å²) in [5.41, 5.74) is -0.306. The van der Waals surface area contributed by atoms with Gasteiger partial charge in [0.25, 0.3) is 0 Å². The number of piperazine rings is 1. The first kappa shape index (κ1) is 14.4. The van der Waals surface area contributed by atoms with Gasteiger partial charge in [-0.1, -0.05) is 0 Å². The van der Waals surface area contributed by atoms with E-state index in [9.17, 15) is 4.79 Å². The fraction of sp³-hybridized carbons (Fsp3) is 0.917. The summed E-state index contributed by atoms with van der Waals surface area (Å²) in [6, 6.07) is 0.294. The number of hydrogen-bond donors (Lipinski definition) is 3. The normalized spacial score (nSPS) is 25.6. The van der Waals surface area contributed by atoms with E-state index in [1.165, 1.54) is 0 Å². The largest absolute Gasteiger partial charge is 0.374 e. The van der Waals surface area contributed by atoms with Gasteiger partial charge in [0.2, 0.25) is 5.91 Å². The Morgan fingerprint density at radius 3 is 2.65 bits per heavy atom. The summed E-state index contributed by atoms with van der Waals surface area (Å²) in [5.74, 6) is 0.0391. The number of amides is 1. The van der Waals surface area contributed by atoms with Crippen LogP contribution in [0.1, 0.15) is 27.7 Å². The lowest BCUT2D eigenvalue weighted by molar-refractivity contribution is -0.125. The highest BCUT2D eigenvalue weighted by Gasteiger charge is 2.25. The standard InChI is InChI=1S/C12H25N3O2/c1-5-17-12(3,4)8-15-11(16)10-7-13-9(2)6-14-10/h9-10,13-14H,5-8H2,1-4H3,(H,15,16). The van der Waals surface area contributed by atoms with Gasteiger partial charge >= 0.3 is 0 Å². The summed E-state index contributed by atoms with van der Waals surface area (Å²) < 4.78 is 5.53. The molecule has 17 heavy (non-hydrogen) atoms. The van der Waals surface area contributed by atoms with Gasteiger partial charge < -0.3 is 20.7 Å². The van der Waals surface area contributed by atoms with Gasteiger partial charge in [0.1, 0.15) is 0 Å². The molecule has 0 aromatic heterocycles. The lowest BCUT2D eigenvalue weighted by Crippen LogP contribution is -2.59. The molecule has 1 rings (SSSR count). The van der Waals surface area contributed by atoms with Crippen molar-refractivity contribution in [1.29, 1.82) is 0 Å². The quantitative estimate of drug-likeness (QED) is 0.629. The zero-order valence-corrected chi connectivity index (χ0v) is 11.3. The monoisotopic (exact) mass is 243 g/mol. The van der Waals surface area contributed by atoms with Crippen molar-refractivity contribution in [3.63, 3.8) is 0 Å². The molecule has 2 unspecified atom stereocenters. The van der Waals surface area contributed by atoms with Crippen molar-refractivity contribution in [3.8, 4) is 0 Å². The van der Waals surface area contributed by atoms with Crippen molar-refractivity contribution in [2.45, 2.75) is 45.4 Å². The molecule has 2 atom stereocenters. The first-order valence-corrected chi connectivity index (χ1v) is 6.33. The minimum atomic E-state index is -0.306. The van der Waals surface area contributed by atoms with Crippen LogP contribution in [0.25, 0.3) is 0 Å². The summed E-state index contributed by atoms with van der Waals surface area (Å²) in [6.07, 6.45) is 0. The van der Waals surface area contributed by atoms with E-state index in [0.717, 1.165) is 6.54 Å². The number of nitrogens with one attached hydrogen (secondary N) is 3. The Morgan fingerprint density at radius 1 is 1.41 bits per heavy atom. The predicted molar refractivity (Wildman–Crippen MR) is 68.0 cm³/mol. The number of carbonyl (C=O) groups is 1. The van der Waals surface area contributed by atoms with Gasteiger partial charge in [-0.05, 0) is 27.7 Å². The highest BCUT2D eigenvalue weighted by molar-refractivity contribution is 5.82.